The van der Waals surface area contributed by atoms with Gasteiger partial charge in [0.2, 0.25) is 0 Å². The summed E-state index contributed by atoms with van der Waals surface area (Å²) in [4.78, 5) is 0. The quantitative estimate of drug-likeness (QED) is 0.702. The Balaban J connectivity index is 2.19. The summed E-state index contributed by atoms with van der Waals surface area (Å²) in [5.41, 5.74) is 0. The van der Waals surface area contributed by atoms with Gasteiger partial charge in [-0.1, -0.05) is 13.8 Å². The van der Waals surface area contributed by atoms with Crippen LogP contribution in [0.15, 0.2) is 0 Å². The Morgan fingerprint density at radius 1 is 1.33 bits per heavy atom. The lowest BCUT2D eigenvalue weighted by atomic mass is 9.85. The van der Waals surface area contributed by atoms with E-state index in [0.717, 1.165) is 32.0 Å². The standard InChI is InChI=1S/C12H25NO2/c1-5-14-12-10(13-4)8-11(12)15-7-6-9(2)3/h9-13H,5-8H2,1-4H3. The van der Waals surface area contributed by atoms with E-state index in [1.54, 1.807) is 0 Å². The number of ether oxygens (including phenoxy) is 2. The van der Waals surface area contributed by atoms with Gasteiger partial charge in [0.05, 0.1) is 12.2 Å². The predicted molar refractivity (Wildman–Crippen MR) is 62.1 cm³/mol. The van der Waals surface area contributed by atoms with Crippen molar-refractivity contribution in [1.82, 2.24) is 5.32 Å². The Morgan fingerprint density at radius 3 is 2.60 bits per heavy atom. The van der Waals surface area contributed by atoms with Gasteiger partial charge in [0.15, 0.2) is 0 Å². The zero-order chi connectivity index (χ0) is 11.3. The third-order valence-electron chi connectivity index (χ3n) is 3.01. The molecule has 1 rings (SSSR count). The Morgan fingerprint density at radius 2 is 2.07 bits per heavy atom. The molecule has 0 spiro atoms. The first-order valence-corrected chi connectivity index (χ1v) is 6.09. The highest BCUT2D eigenvalue weighted by molar-refractivity contribution is 4.96. The van der Waals surface area contributed by atoms with Gasteiger partial charge in [-0.2, -0.15) is 0 Å². The van der Waals surface area contributed by atoms with E-state index in [1.807, 2.05) is 14.0 Å². The predicted octanol–water partition coefficient (Wildman–Crippen LogP) is 1.81. The minimum atomic E-state index is 0.257. The average Bonchev–Trinajstić information content (AvgIpc) is 2.18. The maximum absolute atomic E-state index is 5.82. The van der Waals surface area contributed by atoms with E-state index in [4.69, 9.17) is 9.47 Å². The molecule has 1 fully saturated rings. The van der Waals surface area contributed by atoms with Gasteiger partial charge >= 0.3 is 0 Å². The largest absolute Gasteiger partial charge is 0.375 e. The highest BCUT2D eigenvalue weighted by atomic mass is 16.5. The zero-order valence-electron chi connectivity index (χ0n) is 10.5. The van der Waals surface area contributed by atoms with E-state index in [-0.39, 0.29) is 6.10 Å². The Hall–Kier alpha value is -0.120. The fraction of sp³-hybridized carbons (Fsp3) is 1.00. The van der Waals surface area contributed by atoms with Gasteiger partial charge in [0, 0.05) is 19.3 Å². The van der Waals surface area contributed by atoms with Gasteiger partial charge in [-0.3, -0.25) is 0 Å². The number of hydrogen-bond acceptors (Lipinski definition) is 3. The van der Waals surface area contributed by atoms with Gasteiger partial charge in [0.1, 0.15) is 0 Å². The Labute approximate surface area is 93.5 Å². The first-order valence-electron chi connectivity index (χ1n) is 6.09. The first-order chi connectivity index (χ1) is 7.19. The summed E-state index contributed by atoms with van der Waals surface area (Å²) in [6.07, 6.45) is 2.78. The van der Waals surface area contributed by atoms with Crippen LogP contribution in [0.1, 0.15) is 33.6 Å². The molecule has 0 bridgehead atoms. The molecular formula is C12H25NO2. The lowest BCUT2D eigenvalue weighted by Gasteiger charge is -2.43. The van der Waals surface area contributed by atoms with Crippen molar-refractivity contribution in [2.75, 3.05) is 20.3 Å². The summed E-state index contributed by atoms with van der Waals surface area (Å²) >= 11 is 0. The molecule has 0 heterocycles. The third kappa shape index (κ3) is 3.74. The van der Waals surface area contributed by atoms with Crippen molar-refractivity contribution in [3.63, 3.8) is 0 Å². The van der Waals surface area contributed by atoms with Crippen molar-refractivity contribution >= 4 is 0 Å². The first kappa shape index (κ1) is 12.9. The van der Waals surface area contributed by atoms with Crippen molar-refractivity contribution in [3.05, 3.63) is 0 Å². The van der Waals surface area contributed by atoms with Gasteiger partial charge in [-0.25, -0.2) is 0 Å². The molecule has 0 amide bonds. The topological polar surface area (TPSA) is 30.5 Å². The summed E-state index contributed by atoms with van der Waals surface area (Å²) in [5, 5.41) is 3.26. The lowest BCUT2D eigenvalue weighted by molar-refractivity contribution is -0.144. The molecule has 0 aromatic heterocycles. The Kier molecular flexibility index (Phi) is 5.58. The maximum atomic E-state index is 5.82. The normalized spacial score (nSPS) is 30.6. The van der Waals surface area contributed by atoms with Crippen LogP contribution in [0.3, 0.4) is 0 Å². The molecule has 90 valence electrons. The van der Waals surface area contributed by atoms with Gasteiger partial charge in [-0.15, -0.1) is 0 Å². The fourth-order valence-electron chi connectivity index (χ4n) is 1.90. The van der Waals surface area contributed by atoms with Gasteiger partial charge < -0.3 is 14.8 Å². The van der Waals surface area contributed by atoms with Gasteiger partial charge in [0.25, 0.3) is 0 Å². The van der Waals surface area contributed by atoms with Crippen LogP contribution in [0.25, 0.3) is 0 Å². The molecule has 1 aliphatic rings. The number of likely N-dealkylation sites (N-methyl/N-ethyl adjacent to an activating group) is 1. The smallest absolute Gasteiger partial charge is 0.0990 e. The lowest BCUT2D eigenvalue weighted by Crippen LogP contribution is -2.59. The van der Waals surface area contributed by atoms with Crippen LogP contribution >= 0.6 is 0 Å². The SMILES string of the molecule is CCOC1C(NC)CC1OCCC(C)C. The molecule has 0 aliphatic heterocycles. The molecule has 15 heavy (non-hydrogen) atoms. The highest BCUT2D eigenvalue weighted by Gasteiger charge is 2.41. The van der Waals surface area contributed by atoms with Crippen LogP contribution in [0.2, 0.25) is 0 Å². The summed E-state index contributed by atoms with van der Waals surface area (Å²) in [6.45, 7) is 8.12. The highest BCUT2D eigenvalue weighted by Crippen LogP contribution is 2.27. The average molecular weight is 215 g/mol. The van der Waals surface area contributed by atoms with Crippen LogP contribution in [0.5, 0.6) is 0 Å². The minimum absolute atomic E-state index is 0.257. The molecule has 0 aromatic rings. The second-order valence-electron chi connectivity index (χ2n) is 4.64. The number of rotatable bonds is 7. The molecule has 0 radical (unpaired) electrons. The molecule has 0 saturated heterocycles. The molecule has 1 N–H and O–H groups in total. The fourth-order valence-corrected chi connectivity index (χ4v) is 1.90. The molecular weight excluding hydrogens is 190 g/mol. The van der Waals surface area contributed by atoms with Crippen molar-refractivity contribution < 1.29 is 9.47 Å². The molecule has 3 atom stereocenters. The van der Waals surface area contributed by atoms with Crippen molar-refractivity contribution in [2.24, 2.45) is 5.92 Å². The van der Waals surface area contributed by atoms with E-state index in [9.17, 15) is 0 Å². The summed E-state index contributed by atoms with van der Waals surface area (Å²) in [7, 11) is 1.99. The van der Waals surface area contributed by atoms with Crippen LogP contribution in [-0.2, 0) is 9.47 Å². The summed E-state index contributed by atoms with van der Waals surface area (Å²) in [5.74, 6) is 0.718. The van der Waals surface area contributed by atoms with E-state index in [0.29, 0.717) is 12.1 Å². The minimum Gasteiger partial charge on any atom is -0.375 e. The second-order valence-corrected chi connectivity index (χ2v) is 4.64. The molecule has 3 heteroatoms. The molecule has 3 unspecified atom stereocenters. The summed E-state index contributed by atoms with van der Waals surface area (Å²) in [6, 6.07) is 0.481. The van der Waals surface area contributed by atoms with E-state index in [1.165, 1.54) is 0 Å². The number of nitrogens with one attached hydrogen (secondary N) is 1. The monoisotopic (exact) mass is 215 g/mol. The molecule has 3 nitrogen and oxygen atoms in total. The van der Waals surface area contributed by atoms with Crippen LogP contribution in [0.4, 0.5) is 0 Å². The molecule has 1 aliphatic carbocycles. The van der Waals surface area contributed by atoms with E-state index < -0.39 is 0 Å². The molecule has 0 aromatic carbocycles. The van der Waals surface area contributed by atoms with E-state index >= 15 is 0 Å². The van der Waals surface area contributed by atoms with Crippen LogP contribution in [-0.4, -0.2) is 38.5 Å². The number of hydrogen-bond donors (Lipinski definition) is 1. The van der Waals surface area contributed by atoms with Crippen LogP contribution in [0, 0.1) is 5.92 Å². The van der Waals surface area contributed by atoms with Crippen LogP contribution < -0.4 is 5.32 Å². The van der Waals surface area contributed by atoms with E-state index in [2.05, 4.69) is 19.2 Å². The maximum Gasteiger partial charge on any atom is 0.0990 e. The van der Waals surface area contributed by atoms with Crippen molar-refractivity contribution in [2.45, 2.75) is 51.9 Å². The van der Waals surface area contributed by atoms with Crippen molar-refractivity contribution in [1.29, 1.82) is 0 Å². The molecule has 1 saturated carbocycles. The zero-order valence-corrected chi connectivity index (χ0v) is 10.5. The Bertz CT molecular complexity index is 173. The van der Waals surface area contributed by atoms with Gasteiger partial charge in [-0.05, 0) is 32.7 Å². The van der Waals surface area contributed by atoms with Crippen molar-refractivity contribution in [3.8, 4) is 0 Å². The second kappa shape index (κ2) is 6.46. The summed E-state index contributed by atoms with van der Waals surface area (Å²) < 4.78 is 11.5. The third-order valence-corrected chi connectivity index (χ3v) is 3.01.